The van der Waals surface area contributed by atoms with E-state index in [4.69, 9.17) is 0 Å². The zero-order chi connectivity index (χ0) is 14.8. The standard InChI is InChI=1S/C17H23FN2O/c1-12-6-7-15(18)14(10-12)17(21)20-9-3-5-16(20)13-4-2-8-19-11-13/h6-7,10,13,16,19H,2-5,8-9,11H2,1H3. The van der Waals surface area contributed by atoms with E-state index in [9.17, 15) is 9.18 Å². The van der Waals surface area contributed by atoms with Crippen molar-refractivity contribution in [2.45, 2.75) is 38.6 Å². The van der Waals surface area contributed by atoms with Gasteiger partial charge >= 0.3 is 0 Å². The minimum absolute atomic E-state index is 0.135. The molecule has 0 aliphatic carbocycles. The lowest BCUT2D eigenvalue weighted by Crippen LogP contribution is -2.45. The Kier molecular flexibility index (Phi) is 4.24. The van der Waals surface area contributed by atoms with Gasteiger partial charge in [-0.1, -0.05) is 11.6 Å². The van der Waals surface area contributed by atoms with Crippen LogP contribution in [0.3, 0.4) is 0 Å². The van der Waals surface area contributed by atoms with Crippen molar-refractivity contribution >= 4 is 5.91 Å². The molecule has 1 aromatic carbocycles. The summed E-state index contributed by atoms with van der Waals surface area (Å²) in [6, 6.07) is 5.05. The molecule has 2 saturated heterocycles. The van der Waals surface area contributed by atoms with Gasteiger partial charge in [0.15, 0.2) is 0 Å². The van der Waals surface area contributed by atoms with E-state index in [-0.39, 0.29) is 17.5 Å². The summed E-state index contributed by atoms with van der Waals surface area (Å²) < 4.78 is 14.0. The molecule has 0 spiro atoms. The Bertz CT molecular complexity index is 526. The molecule has 2 aliphatic rings. The minimum atomic E-state index is -0.405. The van der Waals surface area contributed by atoms with E-state index in [0.29, 0.717) is 5.92 Å². The fourth-order valence-electron chi connectivity index (χ4n) is 3.70. The number of carbonyl (C=O) groups excluding carboxylic acids is 1. The molecule has 1 N–H and O–H groups in total. The third-order valence-corrected chi connectivity index (χ3v) is 4.79. The number of aryl methyl sites for hydroxylation is 1. The first-order chi connectivity index (χ1) is 10.2. The summed E-state index contributed by atoms with van der Waals surface area (Å²) in [5.41, 5.74) is 1.15. The normalized spacial score (nSPS) is 26.1. The van der Waals surface area contributed by atoms with E-state index in [1.165, 1.54) is 12.5 Å². The topological polar surface area (TPSA) is 32.3 Å². The van der Waals surface area contributed by atoms with Crippen LogP contribution in [-0.2, 0) is 0 Å². The van der Waals surface area contributed by atoms with Crippen LogP contribution >= 0.6 is 0 Å². The predicted octanol–water partition coefficient (Wildman–Crippen LogP) is 2.74. The van der Waals surface area contributed by atoms with E-state index in [0.717, 1.165) is 44.5 Å². The average molecular weight is 290 g/mol. The van der Waals surface area contributed by atoms with Crippen LogP contribution in [0.4, 0.5) is 4.39 Å². The third kappa shape index (κ3) is 2.95. The highest BCUT2D eigenvalue weighted by Gasteiger charge is 2.36. The molecular formula is C17H23FN2O. The van der Waals surface area contributed by atoms with Crippen molar-refractivity contribution in [3.63, 3.8) is 0 Å². The Balaban J connectivity index is 1.80. The Labute approximate surface area is 125 Å². The van der Waals surface area contributed by atoms with Crippen molar-refractivity contribution in [2.24, 2.45) is 5.92 Å². The number of rotatable bonds is 2. The second-order valence-corrected chi connectivity index (χ2v) is 6.30. The van der Waals surface area contributed by atoms with Crippen molar-refractivity contribution in [2.75, 3.05) is 19.6 Å². The van der Waals surface area contributed by atoms with Crippen LogP contribution in [0.1, 0.15) is 41.6 Å². The molecule has 4 heteroatoms. The number of nitrogens with zero attached hydrogens (tertiary/aromatic N) is 1. The Morgan fingerprint density at radius 2 is 2.19 bits per heavy atom. The Hall–Kier alpha value is -1.42. The molecule has 0 bridgehead atoms. The summed E-state index contributed by atoms with van der Waals surface area (Å²) in [6.45, 7) is 4.70. The smallest absolute Gasteiger partial charge is 0.257 e. The van der Waals surface area contributed by atoms with Crippen LogP contribution < -0.4 is 5.32 Å². The Morgan fingerprint density at radius 1 is 1.33 bits per heavy atom. The highest BCUT2D eigenvalue weighted by molar-refractivity contribution is 5.95. The molecule has 1 amide bonds. The monoisotopic (exact) mass is 290 g/mol. The highest BCUT2D eigenvalue weighted by Crippen LogP contribution is 2.30. The number of halogens is 1. The number of carbonyl (C=O) groups is 1. The number of piperidine rings is 1. The maximum atomic E-state index is 14.0. The van der Waals surface area contributed by atoms with Crippen LogP contribution in [0.15, 0.2) is 18.2 Å². The first-order valence-electron chi connectivity index (χ1n) is 7.94. The minimum Gasteiger partial charge on any atom is -0.335 e. The molecule has 0 radical (unpaired) electrons. The van der Waals surface area contributed by atoms with E-state index >= 15 is 0 Å². The number of hydrogen-bond acceptors (Lipinski definition) is 2. The molecule has 2 heterocycles. The first kappa shape index (κ1) is 14.5. The van der Waals surface area contributed by atoms with Gasteiger partial charge in [-0.3, -0.25) is 4.79 Å². The summed E-state index contributed by atoms with van der Waals surface area (Å²) in [4.78, 5) is 14.7. The third-order valence-electron chi connectivity index (χ3n) is 4.79. The summed E-state index contributed by atoms with van der Waals surface area (Å²) in [7, 11) is 0. The van der Waals surface area contributed by atoms with Crippen LogP contribution in [0.2, 0.25) is 0 Å². The van der Waals surface area contributed by atoms with Gasteiger partial charge in [-0.2, -0.15) is 0 Å². The van der Waals surface area contributed by atoms with E-state index in [1.807, 2.05) is 11.8 Å². The molecule has 114 valence electrons. The van der Waals surface area contributed by atoms with Gasteiger partial charge in [0, 0.05) is 12.6 Å². The quantitative estimate of drug-likeness (QED) is 0.908. The van der Waals surface area contributed by atoms with Gasteiger partial charge in [-0.05, 0) is 63.7 Å². The number of amides is 1. The van der Waals surface area contributed by atoms with Crippen molar-refractivity contribution in [1.82, 2.24) is 10.2 Å². The maximum absolute atomic E-state index is 14.0. The molecule has 3 rings (SSSR count). The molecular weight excluding hydrogens is 267 g/mol. The van der Waals surface area contributed by atoms with Crippen molar-refractivity contribution < 1.29 is 9.18 Å². The summed E-state index contributed by atoms with van der Waals surface area (Å²) in [5, 5.41) is 3.42. The van der Waals surface area contributed by atoms with Gasteiger partial charge in [-0.25, -0.2) is 4.39 Å². The first-order valence-corrected chi connectivity index (χ1v) is 7.94. The van der Waals surface area contributed by atoms with Gasteiger partial charge in [0.1, 0.15) is 5.82 Å². The number of likely N-dealkylation sites (tertiary alicyclic amines) is 1. The second kappa shape index (κ2) is 6.14. The average Bonchev–Trinajstić information content (AvgIpc) is 2.99. The van der Waals surface area contributed by atoms with Gasteiger partial charge in [0.2, 0.25) is 0 Å². The van der Waals surface area contributed by atoms with Crippen LogP contribution in [-0.4, -0.2) is 36.5 Å². The predicted molar refractivity (Wildman–Crippen MR) is 80.8 cm³/mol. The lowest BCUT2D eigenvalue weighted by Gasteiger charge is -2.34. The molecule has 1 aromatic rings. The summed E-state index contributed by atoms with van der Waals surface area (Å²) in [6.07, 6.45) is 4.41. The number of hydrogen-bond donors (Lipinski definition) is 1. The molecule has 0 aromatic heterocycles. The lowest BCUT2D eigenvalue weighted by molar-refractivity contribution is 0.0666. The van der Waals surface area contributed by atoms with E-state index in [1.54, 1.807) is 12.1 Å². The van der Waals surface area contributed by atoms with Gasteiger partial charge < -0.3 is 10.2 Å². The van der Waals surface area contributed by atoms with Crippen molar-refractivity contribution in [3.05, 3.63) is 35.1 Å². The van der Waals surface area contributed by atoms with Crippen molar-refractivity contribution in [3.8, 4) is 0 Å². The van der Waals surface area contributed by atoms with Crippen LogP contribution in [0.25, 0.3) is 0 Å². The zero-order valence-electron chi connectivity index (χ0n) is 12.6. The largest absolute Gasteiger partial charge is 0.335 e. The van der Waals surface area contributed by atoms with Crippen LogP contribution in [0, 0.1) is 18.7 Å². The van der Waals surface area contributed by atoms with Gasteiger partial charge in [-0.15, -0.1) is 0 Å². The number of benzene rings is 1. The van der Waals surface area contributed by atoms with E-state index < -0.39 is 5.82 Å². The summed E-state index contributed by atoms with van der Waals surface area (Å²) in [5.74, 6) is -0.0274. The van der Waals surface area contributed by atoms with Gasteiger partial charge in [0.05, 0.1) is 5.56 Å². The fraction of sp³-hybridized carbons (Fsp3) is 0.588. The molecule has 2 atom stereocenters. The molecule has 21 heavy (non-hydrogen) atoms. The second-order valence-electron chi connectivity index (χ2n) is 6.30. The maximum Gasteiger partial charge on any atom is 0.257 e. The highest BCUT2D eigenvalue weighted by atomic mass is 19.1. The van der Waals surface area contributed by atoms with Crippen molar-refractivity contribution in [1.29, 1.82) is 0 Å². The Morgan fingerprint density at radius 3 is 2.95 bits per heavy atom. The SMILES string of the molecule is Cc1ccc(F)c(C(=O)N2CCCC2C2CCCNC2)c1. The fourth-order valence-corrected chi connectivity index (χ4v) is 3.70. The van der Waals surface area contributed by atoms with Gasteiger partial charge in [0.25, 0.3) is 5.91 Å². The molecule has 0 saturated carbocycles. The molecule has 2 aliphatic heterocycles. The zero-order valence-corrected chi connectivity index (χ0v) is 12.6. The molecule has 2 unspecified atom stereocenters. The summed E-state index contributed by atoms with van der Waals surface area (Å²) >= 11 is 0. The van der Waals surface area contributed by atoms with E-state index in [2.05, 4.69) is 5.32 Å². The number of nitrogens with one attached hydrogen (secondary N) is 1. The molecule has 2 fully saturated rings. The lowest BCUT2D eigenvalue weighted by atomic mass is 9.90. The van der Waals surface area contributed by atoms with Crippen LogP contribution in [0.5, 0.6) is 0 Å². The molecule has 3 nitrogen and oxygen atoms in total.